The van der Waals surface area contributed by atoms with Gasteiger partial charge < -0.3 is 30.3 Å². The zero-order valence-corrected chi connectivity index (χ0v) is 15.0. The molecule has 0 spiro atoms. The zero-order valence-electron chi connectivity index (χ0n) is 15.0. The van der Waals surface area contributed by atoms with Crippen LogP contribution in [0.1, 0.15) is 40.0 Å². The lowest BCUT2D eigenvalue weighted by Gasteiger charge is -2.40. The quantitative estimate of drug-likeness (QED) is 0.429. The molecule has 0 aliphatic carbocycles. The average molecular weight is 360 g/mol. The predicted molar refractivity (Wildman–Crippen MR) is 87.4 cm³/mol. The molecule has 0 radical (unpaired) electrons. The van der Waals surface area contributed by atoms with Gasteiger partial charge in [-0.05, 0) is 20.3 Å². The number of hydrogen-bond donors (Lipinski definition) is 4. The van der Waals surface area contributed by atoms with Crippen LogP contribution in [0.4, 0.5) is 0 Å². The topological polar surface area (TPSA) is 134 Å². The van der Waals surface area contributed by atoms with E-state index in [9.17, 15) is 24.6 Å². The monoisotopic (exact) mass is 360 g/mol. The van der Waals surface area contributed by atoms with Crippen molar-refractivity contribution in [3.05, 3.63) is 0 Å². The summed E-state index contributed by atoms with van der Waals surface area (Å²) in [4.78, 5) is 34.6. The summed E-state index contributed by atoms with van der Waals surface area (Å²) in [6, 6.07) is -0.718. The van der Waals surface area contributed by atoms with Crippen molar-refractivity contribution in [1.29, 1.82) is 0 Å². The van der Waals surface area contributed by atoms with Crippen molar-refractivity contribution in [1.82, 2.24) is 10.6 Å². The van der Waals surface area contributed by atoms with Crippen LogP contribution in [0.2, 0.25) is 0 Å². The number of ketones is 1. The lowest BCUT2D eigenvalue weighted by atomic mass is 9.97. The number of ether oxygens (including phenoxy) is 2. The summed E-state index contributed by atoms with van der Waals surface area (Å²) >= 11 is 0. The van der Waals surface area contributed by atoms with E-state index in [4.69, 9.17) is 9.47 Å². The Labute approximate surface area is 147 Å². The number of rotatable bonds is 8. The number of nitrogens with one attached hydrogen (secondary N) is 2. The molecular weight excluding hydrogens is 332 g/mol. The maximum atomic E-state index is 12.1. The van der Waals surface area contributed by atoms with Crippen LogP contribution in [0.5, 0.6) is 0 Å². The van der Waals surface area contributed by atoms with E-state index in [1.54, 1.807) is 0 Å². The van der Waals surface area contributed by atoms with Crippen LogP contribution in [-0.2, 0) is 23.9 Å². The number of methoxy groups -OCH3 is 1. The number of Topliss-reactive ketones (excluding diaryl/α,β-unsaturated/α-hetero) is 1. The Kier molecular flexibility index (Phi) is 8.43. The van der Waals surface area contributed by atoms with Crippen LogP contribution in [-0.4, -0.2) is 71.6 Å². The number of carbonyl (C=O) groups excluding carboxylic acids is 3. The Morgan fingerprint density at radius 1 is 1.32 bits per heavy atom. The first-order valence-electron chi connectivity index (χ1n) is 8.27. The average Bonchev–Trinajstić information content (AvgIpc) is 2.50. The molecule has 0 bridgehead atoms. The highest BCUT2D eigenvalue weighted by atomic mass is 16.6. The Morgan fingerprint density at radius 2 is 1.96 bits per heavy atom. The summed E-state index contributed by atoms with van der Waals surface area (Å²) < 4.78 is 10.8. The molecule has 1 fully saturated rings. The molecule has 4 N–H and O–H groups in total. The molecule has 2 amide bonds. The highest BCUT2D eigenvalue weighted by molar-refractivity contribution is 5.87. The molecule has 144 valence electrons. The van der Waals surface area contributed by atoms with Gasteiger partial charge >= 0.3 is 0 Å². The van der Waals surface area contributed by atoms with Gasteiger partial charge in [0.15, 0.2) is 5.78 Å². The summed E-state index contributed by atoms with van der Waals surface area (Å²) in [6.45, 7) is 4.16. The van der Waals surface area contributed by atoms with Crippen LogP contribution in [0.25, 0.3) is 0 Å². The minimum absolute atomic E-state index is 0.00747. The van der Waals surface area contributed by atoms with E-state index in [0.29, 0.717) is 0 Å². The Hall–Kier alpha value is -1.55. The van der Waals surface area contributed by atoms with Crippen LogP contribution in [0.15, 0.2) is 0 Å². The third kappa shape index (κ3) is 6.69. The smallest absolute Gasteiger partial charge is 0.222 e. The van der Waals surface area contributed by atoms with Crippen molar-refractivity contribution < 1.29 is 34.1 Å². The van der Waals surface area contributed by atoms with Crippen LogP contribution in [0, 0.1) is 0 Å². The lowest BCUT2D eigenvalue weighted by Crippen LogP contribution is -2.57. The molecule has 0 saturated carbocycles. The first-order chi connectivity index (χ1) is 11.6. The van der Waals surface area contributed by atoms with Gasteiger partial charge in [-0.15, -0.1) is 0 Å². The number of aliphatic hydroxyl groups excluding tert-OH is 2. The van der Waals surface area contributed by atoms with E-state index in [1.165, 1.54) is 27.9 Å². The van der Waals surface area contributed by atoms with Crippen LogP contribution < -0.4 is 10.6 Å². The van der Waals surface area contributed by atoms with Gasteiger partial charge in [0, 0.05) is 26.9 Å². The van der Waals surface area contributed by atoms with E-state index in [0.717, 1.165) is 0 Å². The van der Waals surface area contributed by atoms with Crippen LogP contribution in [0.3, 0.4) is 0 Å². The van der Waals surface area contributed by atoms with E-state index in [2.05, 4.69) is 10.6 Å². The molecule has 1 aliphatic heterocycles. The summed E-state index contributed by atoms with van der Waals surface area (Å²) in [5.41, 5.74) is 0. The molecular formula is C16H28N2O7. The third-order valence-electron chi connectivity index (χ3n) is 4.08. The maximum absolute atomic E-state index is 12.1. The highest BCUT2D eigenvalue weighted by Gasteiger charge is 2.41. The number of aliphatic hydroxyl groups is 2. The minimum Gasteiger partial charge on any atom is -0.391 e. The van der Waals surface area contributed by atoms with E-state index >= 15 is 0 Å². The Morgan fingerprint density at radius 3 is 2.44 bits per heavy atom. The molecule has 9 heteroatoms. The van der Waals surface area contributed by atoms with Gasteiger partial charge in [-0.3, -0.25) is 14.4 Å². The molecule has 4 unspecified atom stereocenters. The minimum atomic E-state index is -0.895. The molecule has 6 atom stereocenters. The highest BCUT2D eigenvalue weighted by Crippen LogP contribution is 2.23. The molecule has 0 aromatic carbocycles. The Bertz CT molecular complexity index is 483. The molecule has 0 aromatic heterocycles. The second-order valence-corrected chi connectivity index (χ2v) is 6.30. The molecule has 1 saturated heterocycles. The van der Waals surface area contributed by atoms with Gasteiger partial charge in [0.2, 0.25) is 11.8 Å². The second kappa shape index (κ2) is 9.81. The largest absolute Gasteiger partial charge is 0.391 e. The maximum Gasteiger partial charge on any atom is 0.222 e. The van der Waals surface area contributed by atoms with Gasteiger partial charge in [0.1, 0.15) is 18.4 Å². The molecule has 1 rings (SSSR count). The standard InChI is InChI=1S/C16H28N2O7/c1-8(19)11(17-10(3)21)5-6-13(23)18-14-7-12(22)16(24-4)15(25-14)9(2)20/h9,11-12,14-16,20,22H,5-7H2,1-4H3,(H,17,21)(H,18,23)/t9-,11+,12?,14?,15?,16?/m1/s1. The van der Waals surface area contributed by atoms with Gasteiger partial charge in [-0.1, -0.05) is 0 Å². The van der Waals surface area contributed by atoms with E-state index < -0.39 is 36.7 Å². The number of hydrogen-bond acceptors (Lipinski definition) is 7. The lowest BCUT2D eigenvalue weighted by molar-refractivity contribution is -0.211. The zero-order chi connectivity index (χ0) is 19.1. The van der Waals surface area contributed by atoms with E-state index in [1.807, 2.05) is 0 Å². The van der Waals surface area contributed by atoms with Gasteiger partial charge in [0.25, 0.3) is 0 Å². The van der Waals surface area contributed by atoms with Crippen molar-refractivity contribution in [2.24, 2.45) is 0 Å². The summed E-state index contributed by atoms with van der Waals surface area (Å²) in [5, 5.41) is 25.0. The van der Waals surface area contributed by atoms with Crippen LogP contribution >= 0.6 is 0 Å². The summed E-state index contributed by atoms with van der Waals surface area (Å²) in [6.07, 6.45) is -3.73. The van der Waals surface area contributed by atoms with E-state index in [-0.39, 0.29) is 36.9 Å². The number of carbonyl (C=O) groups is 3. The third-order valence-corrected chi connectivity index (χ3v) is 4.08. The first kappa shape index (κ1) is 21.5. The van der Waals surface area contributed by atoms with Gasteiger partial charge in [-0.25, -0.2) is 0 Å². The van der Waals surface area contributed by atoms with Crippen molar-refractivity contribution in [3.63, 3.8) is 0 Å². The summed E-state index contributed by atoms with van der Waals surface area (Å²) in [5.74, 6) is -0.955. The fourth-order valence-electron chi connectivity index (χ4n) is 2.82. The molecule has 9 nitrogen and oxygen atoms in total. The Balaban J connectivity index is 2.56. The van der Waals surface area contributed by atoms with Gasteiger partial charge in [0.05, 0.1) is 18.2 Å². The van der Waals surface area contributed by atoms with Crippen molar-refractivity contribution in [2.75, 3.05) is 7.11 Å². The SMILES string of the molecule is COC1C(O)CC(NC(=O)CC[C@H](NC(C)=O)C(C)=O)OC1[C@@H](C)O. The molecule has 1 aliphatic rings. The van der Waals surface area contributed by atoms with Crippen molar-refractivity contribution >= 4 is 17.6 Å². The fourth-order valence-corrected chi connectivity index (χ4v) is 2.82. The van der Waals surface area contributed by atoms with Gasteiger partial charge in [-0.2, -0.15) is 0 Å². The molecule has 25 heavy (non-hydrogen) atoms. The summed E-state index contributed by atoms with van der Waals surface area (Å²) in [7, 11) is 1.41. The second-order valence-electron chi connectivity index (χ2n) is 6.30. The van der Waals surface area contributed by atoms with Crippen molar-refractivity contribution in [3.8, 4) is 0 Å². The normalized spacial score (nSPS) is 28.7. The fraction of sp³-hybridized carbons (Fsp3) is 0.812. The molecule has 0 aromatic rings. The first-order valence-corrected chi connectivity index (χ1v) is 8.27. The number of amides is 2. The molecule has 1 heterocycles. The van der Waals surface area contributed by atoms with Crippen molar-refractivity contribution in [2.45, 2.75) is 76.7 Å². The predicted octanol–water partition coefficient (Wildman–Crippen LogP) is -1.15.